The average molecular weight is 235 g/mol. The number of rotatable bonds is 3. The van der Waals surface area contributed by atoms with Crippen LogP contribution in [0.3, 0.4) is 0 Å². The van der Waals surface area contributed by atoms with Crippen LogP contribution < -0.4 is 10.5 Å². The Morgan fingerprint density at radius 2 is 2.29 bits per heavy atom. The van der Waals surface area contributed by atoms with Crippen molar-refractivity contribution < 1.29 is 9.66 Å². The second-order valence-corrected chi connectivity index (χ2v) is 3.16. The molecule has 0 saturated carbocycles. The molecular weight excluding hydrogens is 226 g/mol. The summed E-state index contributed by atoms with van der Waals surface area (Å²) in [5.74, 6) is 0.505. The molecule has 0 unspecified atom stereocenters. The van der Waals surface area contributed by atoms with Gasteiger partial charge in [0.25, 0.3) is 0 Å². The molecule has 0 fully saturated rings. The monoisotopic (exact) mass is 235 g/mol. The van der Waals surface area contributed by atoms with Crippen LogP contribution in [0.5, 0.6) is 5.75 Å². The summed E-state index contributed by atoms with van der Waals surface area (Å²) in [6.07, 6.45) is 0. The summed E-state index contributed by atoms with van der Waals surface area (Å²) in [5, 5.41) is 17.1. The molecule has 1 aromatic carbocycles. The quantitative estimate of drug-likeness (QED) is 0.604. The number of methoxy groups -OCH3 is 1. The Morgan fingerprint density at radius 1 is 1.53 bits per heavy atom. The molecule has 1 heterocycles. The minimum absolute atomic E-state index is 0.0635. The summed E-state index contributed by atoms with van der Waals surface area (Å²) in [6, 6.07) is 4.52. The first-order valence-electron chi connectivity index (χ1n) is 4.63. The number of aromatic nitrogens is 3. The van der Waals surface area contributed by atoms with E-state index in [1.165, 1.54) is 19.2 Å². The van der Waals surface area contributed by atoms with Crippen molar-refractivity contribution in [1.82, 2.24) is 15.2 Å². The van der Waals surface area contributed by atoms with Gasteiger partial charge < -0.3 is 10.5 Å². The molecule has 8 nitrogen and oxygen atoms in total. The third-order valence-corrected chi connectivity index (χ3v) is 2.15. The van der Waals surface area contributed by atoms with Crippen molar-refractivity contribution in [2.75, 3.05) is 12.8 Å². The van der Waals surface area contributed by atoms with Gasteiger partial charge in [0.1, 0.15) is 0 Å². The standard InChI is InChI=1S/C9H9N5O3/c1-17-7-5(8-11-9(10)13-12-8)3-2-4-6(7)14(15)16/h2-4H,1H3,(H3,10,11,12,13). The summed E-state index contributed by atoms with van der Waals surface area (Å²) in [6.45, 7) is 0. The molecule has 3 N–H and O–H groups in total. The number of anilines is 1. The van der Waals surface area contributed by atoms with Gasteiger partial charge in [-0.25, -0.2) is 0 Å². The van der Waals surface area contributed by atoms with Crippen molar-refractivity contribution in [3.05, 3.63) is 28.3 Å². The van der Waals surface area contributed by atoms with E-state index in [-0.39, 0.29) is 17.4 Å². The molecule has 2 aromatic rings. The van der Waals surface area contributed by atoms with E-state index >= 15 is 0 Å². The van der Waals surface area contributed by atoms with Crippen LogP contribution in [0.25, 0.3) is 11.4 Å². The summed E-state index contributed by atoms with van der Waals surface area (Å²) >= 11 is 0. The number of hydrogen-bond acceptors (Lipinski definition) is 6. The number of nitro benzene ring substituents is 1. The minimum atomic E-state index is -0.526. The molecule has 8 heteroatoms. The number of H-pyrrole nitrogens is 1. The normalized spacial score (nSPS) is 10.2. The maximum atomic E-state index is 10.8. The smallest absolute Gasteiger partial charge is 0.311 e. The first-order valence-corrected chi connectivity index (χ1v) is 4.63. The Kier molecular flexibility index (Phi) is 2.61. The SMILES string of the molecule is COc1c(-c2nc(N)n[nH]2)cccc1[N+](=O)[O-]. The van der Waals surface area contributed by atoms with Gasteiger partial charge in [-0.2, -0.15) is 4.98 Å². The number of nitrogens with zero attached hydrogens (tertiary/aromatic N) is 3. The highest BCUT2D eigenvalue weighted by atomic mass is 16.6. The Balaban J connectivity index is 2.61. The lowest BCUT2D eigenvalue weighted by atomic mass is 10.1. The molecule has 0 aliphatic heterocycles. The number of ether oxygens (including phenoxy) is 1. The Bertz CT molecular complexity index is 566. The number of hydrogen-bond donors (Lipinski definition) is 2. The van der Waals surface area contributed by atoms with Gasteiger partial charge >= 0.3 is 5.69 Å². The fraction of sp³-hybridized carbons (Fsp3) is 0.111. The zero-order valence-electron chi connectivity index (χ0n) is 8.88. The molecule has 0 aliphatic rings. The summed E-state index contributed by atoms with van der Waals surface area (Å²) in [4.78, 5) is 14.2. The molecule has 0 spiro atoms. The van der Waals surface area contributed by atoms with Crippen molar-refractivity contribution in [3.63, 3.8) is 0 Å². The summed E-state index contributed by atoms with van der Waals surface area (Å²) in [7, 11) is 1.35. The first-order chi connectivity index (χ1) is 8.13. The molecule has 17 heavy (non-hydrogen) atoms. The lowest BCUT2D eigenvalue weighted by molar-refractivity contribution is -0.385. The van der Waals surface area contributed by atoms with Crippen LogP contribution in [-0.4, -0.2) is 27.2 Å². The van der Waals surface area contributed by atoms with Gasteiger partial charge in [-0.15, -0.1) is 5.10 Å². The van der Waals surface area contributed by atoms with Crippen molar-refractivity contribution >= 4 is 11.6 Å². The van der Waals surface area contributed by atoms with Gasteiger partial charge in [0, 0.05) is 6.07 Å². The highest BCUT2D eigenvalue weighted by Gasteiger charge is 2.20. The fourth-order valence-electron chi connectivity index (χ4n) is 1.46. The number of nitro groups is 1. The van der Waals surface area contributed by atoms with Crippen molar-refractivity contribution in [3.8, 4) is 17.1 Å². The second-order valence-electron chi connectivity index (χ2n) is 3.16. The average Bonchev–Trinajstić information content (AvgIpc) is 2.74. The van der Waals surface area contributed by atoms with Gasteiger partial charge in [0.15, 0.2) is 5.82 Å². The number of nitrogen functional groups attached to an aromatic ring is 1. The number of nitrogens with one attached hydrogen (secondary N) is 1. The van der Waals surface area contributed by atoms with E-state index in [1.54, 1.807) is 6.07 Å². The number of nitrogens with two attached hydrogens (primary N) is 1. The van der Waals surface area contributed by atoms with Crippen LogP contribution in [0.15, 0.2) is 18.2 Å². The highest BCUT2D eigenvalue weighted by Crippen LogP contribution is 2.35. The van der Waals surface area contributed by atoms with E-state index in [0.29, 0.717) is 11.4 Å². The molecule has 2 rings (SSSR count). The minimum Gasteiger partial charge on any atom is -0.490 e. The maximum Gasteiger partial charge on any atom is 0.311 e. The maximum absolute atomic E-state index is 10.8. The molecular formula is C9H9N5O3. The lowest BCUT2D eigenvalue weighted by Gasteiger charge is -2.05. The van der Waals surface area contributed by atoms with E-state index in [4.69, 9.17) is 10.5 Å². The van der Waals surface area contributed by atoms with Crippen LogP contribution in [-0.2, 0) is 0 Å². The fourth-order valence-corrected chi connectivity index (χ4v) is 1.46. The topological polar surface area (TPSA) is 120 Å². The van der Waals surface area contributed by atoms with Crippen molar-refractivity contribution in [2.45, 2.75) is 0 Å². The summed E-state index contributed by atoms with van der Waals surface area (Å²) in [5.41, 5.74) is 5.67. The van der Waals surface area contributed by atoms with Gasteiger partial charge in [0.05, 0.1) is 17.6 Å². The molecule has 1 aromatic heterocycles. The molecule has 0 saturated heterocycles. The van der Waals surface area contributed by atoms with E-state index < -0.39 is 4.92 Å². The Hall–Kier alpha value is -2.64. The zero-order chi connectivity index (χ0) is 12.4. The molecule has 0 amide bonds. The third kappa shape index (κ3) is 1.87. The first kappa shape index (κ1) is 10.9. The van der Waals surface area contributed by atoms with Crippen LogP contribution in [0.4, 0.5) is 11.6 Å². The van der Waals surface area contributed by atoms with Crippen molar-refractivity contribution in [1.29, 1.82) is 0 Å². The van der Waals surface area contributed by atoms with E-state index in [9.17, 15) is 10.1 Å². The third-order valence-electron chi connectivity index (χ3n) is 2.15. The number of benzene rings is 1. The van der Waals surface area contributed by atoms with Gasteiger partial charge in [-0.1, -0.05) is 6.07 Å². The largest absolute Gasteiger partial charge is 0.490 e. The van der Waals surface area contributed by atoms with Gasteiger partial charge in [0.2, 0.25) is 11.7 Å². The van der Waals surface area contributed by atoms with Crippen LogP contribution in [0, 0.1) is 10.1 Å². The molecule has 0 bridgehead atoms. The van der Waals surface area contributed by atoms with E-state index in [0.717, 1.165) is 0 Å². The molecule has 0 aliphatic carbocycles. The second kappa shape index (κ2) is 4.08. The number of para-hydroxylation sites is 1. The Morgan fingerprint density at radius 3 is 2.82 bits per heavy atom. The van der Waals surface area contributed by atoms with Crippen LogP contribution >= 0.6 is 0 Å². The zero-order valence-corrected chi connectivity index (χ0v) is 8.88. The highest BCUT2D eigenvalue weighted by molar-refractivity contribution is 5.71. The number of aromatic amines is 1. The van der Waals surface area contributed by atoms with E-state index in [1.807, 2.05) is 0 Å². The van der Waals surface area contributed by atoms with Crippen molar-refractivity contribution in [2.24, 2.45) is 0 Å². The lowest BCUT2D eigenvalue weighted by Crippen LogP contribution is -1.96. The summed E-state index contributed by atoms with van der Waals surface area (Å²) < 4.78 is 5.03. The Labute approximate surface area is 95.6 Å². The molecule has 0 atom stereocenters. The molecule has 0 radical (unpaired) electrons. The molecule has 88 valence electrons. The predicted molar refractivity (Wildman–Crippen MR) is 59.4 cm³/mol. The van der Waals surface area contributed by atoms with Gasteiger partial charge in [-0.3, -0.25) is 15.2 Å². The van der Waals surface area contributed by atoms with Gasteiger partial charge in [-0.05, 0) is 6.07 Å². The van der Waals surface area contributed by atoms with Crippen LogP contribution in [0.1, 0.15) is 0 Å². The van der Waals surface area contributed by atoms with Crippen LogP contribution in [0.2, 0.25) is 0 Å². The predicted octanol–water partition coefficient (Wildman–Crippen LogP) is 0.971. The van der Waals surface area contributed by atoms with E-state index in [2.05, 4.69) is 15.2 Å².